The maximum absolute atomic E-state index is 6.30. The van der Waals surface area contributed by atoms with Gasteiger partial charge < -0.3 is 9.32 Å². The Labute approximate surface area is 228 Å². The Balaban J connectivity index is 1.29. The summed E-state index contributed by atoms with van der Waals surface area (Å²) in [5.41, 5.74) is 11.1. The van der Waals surface area contributed by atoms with Crippen LogP contribution in [0.5, 0.6) is 0 Å². The van der Waals surface area contributed by atoms with Crippen LogP contribution in [0.25, 0.3) is 44.2 Å². The second-order valence-corrected chi connectivity index (χ2v) is 9.91. The van der Waals surface area contributed by atoms with Crippen molar-refractivity contribution in [2.45, 2.75) is 6.92 Å². The predicted octanol–water partition coefficient (Wildman–Crippen LogP) is 10.7. The van der Waals surface area contributed by atoms with Gasteiger partial charge >= 0.3 is 0 Å². The van der Waals surface area contributed by atoms with Crippen LogP contribution >= 0.6 is 0 Å². The van der Waals surface area contributed by atoms with E-state index < -0.39 is 0 Å². The third-order valence-corrected chi connectivity index (χ3v) is 7.37. The molecule has 1 heterocycles. The SMILES string of the molecule is Cc1ccc(N(c2ccc(-c3ccccc3)cc2)c2ccc(-c3cccc4c3oc3ccccc34)cc2)cc1. The Morgan fingerprint density at radius 1 is 0.436 bits per heavy atom. The van der Waals surface area contributed by atoms with Crippen LogP contribution < -0.4 is 4.90 Å². The van der Waals surface area contributed by atoms with E-state index in [-0.39, 0.29) is 0 Å². The van der Waals surface area contributed by atoms with Crippen LogP contribution in [0, 0.1) is 6.92 Å². The summed E-state index contributed by atoms with van der Waals surface area (Å²) in [7, 11) is 0. The molecule has 6 aromatic carbocycles. The van der Waals surface area contributed by atoms with Crippen LogP contribution in [-0.2, 0) is 0 Å². The Morgan fingerprint density at radius 3 is 1.67 bits per heavy atom. The number of hydrogen-bond donors (Lipinski definition) is 0. The van der Waals surface area contributed by atoms with Crippen molar-refractivity contribution >= 4 is 39.0 Å². The quantitative estimate of drug-likeness (QED) is 0.233. The summed E-state index contributed by atoms with van der Waals surface area (Å²) in [5.74, 6) is 0. The number of hydrogen-bond acceptors (Lipinski definition) is 2. The molecule has 0 amide bonds. The second kappa shape index (κ2) is 9.66. The highest BCUT2D eigenvalue weighted by Crippen LogP contribution is 2.39. The van der Waals surface area contributed by atoms with Crippen molar-refractivity contribution in [3.8, 4) is 22.3 Å². The van der Waals surface area contributed by atoms with Crippen LogP contribution in [0.3, 0.4) is 0 Å². The Hall–Kier alpha value is -5.08. The number of para-hydroxylation sites is 2. The van der Waals surface area contributed by atoms with Gasteiger partial charge in [-0.25, -0.2) is 0 Å². The van der Waals surface area contributed by atoms with Crippen molar-refractivity contribution in [2.24, 2.45) is 0 Å². The lowest BCUT2D eigenvalue weighted by molar-refractivity contribution is 0.670. The van der Waals surface area contributed by atoms with E-state index in [0.717, 1.165) is 50.1 Å². The fourth-order valence-electron chi connectivity index (χ4n) is 5.34. The minimum atomic E-state index is 0.918. The average Bonchev–Trinajstić information content (AvgIpc) is 3.39. The van der Waals surface area contributed by atoms with Gasteiger partial charge in [0.25, 0.3) is 0 Å². The maximum atomic E-state index is 6.30. The Morgan fingerprint density at radius 2 is 0.974 bits per heavy atom. The number of fused-ring (bicyclic) bond motifs is 3. The fourth-order valence-corrected chi connectivity index (χ4v) is 5.34. The molecule has 0 fully saturated rings. The molecule has 39 heavy (non-hydrogen) atoms. The molecular weight excluding hydrogens is 474 g/mol. The summed E-state index contributed by atoms with van der Waals surface area (Å²) in [5, 5.41) is 2.29. The smallest absolute Gasteiger partial charge is 0.143 e. The molecule has 0 bridgehead atoms. The molecule has 2 heteroatoms. The molecular formula is C37H27NO. The minimum Gasteiger partial charge on any atom is -0.455 e. The molecule has 0 aliphatic heterocycles. The van der Waals surface area contributed by atoms with Crippen LogP contribution in [-0.4, -0.2) is 0 Å². The van der Waals surface area contributed by atoms with Crippen molar-refractivity contribution in [1.82, 2.24) is 0 Å². The first-order valence-electron chi connectivity index (χ1n) is 13.3. The van der Waals surface area contributed by atoms with Crippen molar-refractivity contribution in [3.63, 3.8) is 0 Å². The molecule has 0 saturated carbocycles. The lowest BCUT2D eigenvalue weighted by Crippen LogP contribution is -2.09. The second-order valence-electron chi connectivity index (χ2n) is 9.91. The summed E-state index contributed by atoms with van der Waals surface area (Å²) in [4.78, 5) is 2.31. The highest BCUT2D eigenvalue weighted by atomic mass is 16.3. The maximum Gasteiger partial charge on any atom is 0.143 e. The zero-order valence-corrected chi connectivity index (χ0v) is 21.7. The number of nitrogens with zero attached hydrogens (tertiary/aromatic N) is 1. The van der Waals surface area contributed by atoms with E-state index in [1.165, 1.54) is 16.7 Å². The fraction of sp³-hybridized carbons (Fsp3) is 0.0270. The van der Waals surface area contributed by atoms with Gasteiger partial charge in [0.05, 0.1) is 0 Å². The first kappa shape index (κ1) is 23.1. The molecule has 0 aliphatic rings. The summed E-state index contributed by atoms with van der Waals surface area (Å²) < 4.78 is 6.30. The van der Waals surface area contributed by atoms with Crippen LogP contribution in [0.1, 0.15) is 5.56 Å². The standard InChI is InChI=1S/C37H27NO/c1-26-14-20-30(21-15-26)38(31-22-16-28(17-23-31)27-8-3-2-4-9-27)32-24-18-29(19-25-32)33-11-7-12-35-34-10-5-6-13-36(34)39-37(33)35/h2-25H,1H3. The third-order valence-electron chi connectivity index (χ3n) is 7.37. The van der Waals surface area contributed by atoms with Crippen molar-refractivity contribution in [2.75, 3.05) is 4.90 Å². The lowest BCUT2D eigenvalue weighted by atomic mass is 10.0. The van der Waals surface area contributed by atoms with E-state index in [1.54, 1.807) is 0 Å². The first-order chi connectivity index (χ1) is 19.2. The molecule has 186 valence electrons. The van der Waals surface area contributed by atoms with Gasteiger partial charge in [0.2, 0.25) is 0 Å². The highest BCUT2D eigenvalue weighted by Gasteiger charge is 2.15. The molecule has 0 radical (unpaired) electrons. The largest absolute Gasteiger partial charge is 0.455 e. The van der Waals surface area contributed by atoms with Crippen LogP contribution in [0.15, 0.2) is 150 Å². The molecule has 0 atom stereocenters. The minimum absolute atomic E-state index is 0.918. The van der Waals surface area contributed by atoms with Crippen molar-refractivity contribution in [3.05, 3.63) is 151 Å². The molecule has 0 saturated heterocycles. The molecule has 7 rings (SSSR count). The van der Waals surface area contributed by atoms with E-state index in [1.807, 2.05) is 12.1 Å². The molecule has 1 aromatic heterocycles. The normalized spacial score (nSPS) is 11.2. The number of furan rings is 1. The van der Waals surface area contributed by atoms with Gasteiger partial charge in [-0.2, -0.15) is 0 Å². The molecule has 0 spiro atoms. The summed E-state index contributed by atoms with van der Waals surface area (Å²) in [6.07, 6.45) is 0. The zero-order valence-electron chi connectivity index (χ0n) is 21.7. The van der Waals surface area contributed by atoms with Gasteiger partial charge in [0.1, 0.15) is 11.2 Å². The summed E-state index contributed by atoms with van der Waals surface area (Å²) in [6.45, 7) is 2.12. The van der Waals surface area contributed by atoms with Gasteiger partial charge in [-0.15, -0.1) is 0 Å². The zero-order chi connectivity index (χ0) is 26.2. The van der Waals surface area contributed by atoms with E-state index in [9.17, 15) is 0 Å². The summed E-state index contributed by atoms with van der Waals surface area (Å²) in [6, 6.07) is 51.4. The lowest BCUT2D eigenvalue weighted by Gasteiger charge is -2.26. The summed E-state index contributed by atoms with van der Waals surface area (Å²) >= 11 is 0. The molecule has 0 N–H and O–H groups in total. The number of anilines is 3. The van der Waals surface area contributed by atoms with E-state index >= 15 is 0 Å². The molecule has 0 aliphatic carbocycles. The average molecular weight is 502 g/mol. The molecule has 0 unspecified atom stereocenters. The van der Waals surface area contributed by atoms with Crippen LogP contribution in [0.4, 0.5) is 17.1 Å². The van der Waals surface area contributed by atoms with Crippen molar-refractivity contribution in [1.29, 1.82) is 0 Å². The number of aryl methyl sites for hydroxylation is 1. The number of rotatable bonds is 5. The van der Waals surface area contributed by atoms with E-state index in [4.69, 9.17) is 4.42 Å². The van der Waals surface area contributed by atoms with E-state index in [2.05, 4.69) is 145 Å². The Bertz CT molecular complexity index is 1880. The van der Waals surface area contributed by atoms with E-state index in [0.29, 0.717) is 0 Å². The molecule has 7 aromatic rings. The van der Waals surface area contributed by atoms with Gasteiger partial charge in [0, 0.05) is 33.4 Å². The monoisotopic (exact) mass is 501 g/mol. The van der Waals surface area contributed by atoms with Gasteiger partial charge in [0.15, 0.2) is 0 Å². The third kappa shape index (κ3) is 4.26. The van der Waals surface area contributed by atoms with Crippen LogP contribution in [0.2, 0.25) is 0 Å². The molecule has 2 nitrogen and oxygen atoms in total. The van der Waals surface area contributed by atoms with Gasteiger partial charge in [-0.1, -0.05) is 109 Å². The Kier molecular flexibility index (Phi) is 5.71. The van der Waals surface area contributed by atoms with Gasteiger partial charge in [-0.3, -0.25) is 0 Å². The van der Waals surface area contributed by atoms with Gasteiger partial charge in [-0.05, 0) is 66.1 Å². The topological polar surface area (TPSA) is 16.4 Å². The van der Waals surface area contributed by atoms with Crippen molar-refractivity contribution < 1.29 is 4.42 Å². The predicted molar refractivity (Wildman–Crippen MR) is 164 cm³/mol. The highest BCUT2D eigenvalue weighted by molar-refractivity contribution is 6.09. The number of benzene rings is 6. The first-order valence-corrected chi connectivity index (χ1v) is 13.3.